The number of hydrogen-bond acceptors (Lipinski definition) is 4. The Morgan fingerprint density at radius 3 is 3.11 bits per heavy atom. The Morgan fingerprint density at radius 2 is 2.28 bits per heavy atom. The minimum atomic E-state index is 0.240. The van der Waals surface area contributed by atoms with Crippen LogP contribution in [0.4, 0.5) is 0 Å². The molecule has 0 N–H and O–H groups in total. The first-order valence-corrected chi connectivity index (χ1v) is 7.72. The van der Waals surface area contributed by atoms with E-state index in [0.717, 1.165) is 22.2 Å². The van der Waals surface area contributed by atoms with Crippen LogP contribution < -0.4 is 4.74 Å². The monoisotopic (exact) mass is 324 g/mol. The van der Waals surface area contributed by atoms with Crippen LogP contribution in [-0.2, 0) is 0 Å². The lowest BCUT2D eigenvalue weighted by Gasteiger charge is -2.03. The van der Waals surface area contributed by atoms with Crippen molar-refractivity contribution in [1.82, 2.24) is 10.2 Å². The summed E-state index contributed by atoms with van der Waals surface area (Å²) in [6.45, 7) is 2.81. The third-order valence-electron chi connectivity index (χ3n) is 3.08. The van der Waals surface area contributed by atoms with E-state index in [4.69, 9.17) is 4.74 Å². The quantitative estimate of drug-likeness (QED) is 0.803. The number of ether oxygens (including phenoxy) is 1. The largest absolute Gasteiger partial charge is 0.492 e. The predicted octanol–water partition coefficient (Wildman–Crippen LogP) is 3.91. The van der Waals surface area contributed by atoms with Crippen molar-refractivity contribution in [2.75, 3.05) is 6.61 Å². The molecule has 0 fully saturated rings. The summed E-state index contributed by atoms with van der Waals surface area (Å²) in [5.41, 5.74) is 1.22. The Hall–Kier alpha value is -0.940. The van der Waals surface area contributed by atoms with Crippen LogP contribution in [0.3, 0.4) is 0 Å². The fourth-order valence-electron chi connectivity index (χ4n) is 2.06. The van der Waals surface area contributed by atoms with Gasteiger partial charge in [-0.1, -0.05) is 52.4 Å². The number of nitrogens with zero attached hydrogens (tertiary/aromatic N) is 2. The minimum Gasteiger partial charge on any atom is -0.492 e. The molecule has 2 heterocycles. The van der Waals surface area contributed by atoms with Gasteiger partial charge in [0.15, 0.2) is 0 Å². The van der Waals surface area contributed by atoms with E-state index < -0.39 is 0 Å². The van der Waals surface area contributed by atoms with Crippen molar-refractivity contribution in [3.05, 3.63) is 39.8 Å². The Balaban J connectivity index is 1.91. The highest BCUT2D eigenvalue weighted by Gasteiger charge is 2.28. The van der Waals surface area contributed by atoms with Crippen molar-refractivity contribution in [2.24, 2.45) is 0 Å². The van der Waals surface area contributed by atoms with E-state index in [1.807, 2.05) is 18.2 Å². The zero-order valence-corrected chi connectivity index (χ0v) is 12.4. The molecule has 0 amide bonds. The summed E-state index contributed by atoms with van der Waals surface area (Å²) in [4.78, 5) is 0.307. The summed E-state index contributed by atoms with van der Waals surface area (Å²) in [5.74, 6) is 1.22. The standard InChI is InChI=1S/C13H13BrN2OS/c1-2-10(14)13-16-15-12(18-13)9-7-17-11-6-4-3-5-8(9)11/h3-6,9-10H,2,7H2,1H3. The first kappa shape index (κ1) is 12.1. The first-order valence-electron chi connectivity index (χ1n) is 5.98. The molecule has 0 aliphatic carbocycles. The van der Waals surface area contributed by atoms with Crippen LogP contribution in [0.2, 0.25) is 0 Å². The molecule has 2 unspecified atom stereocenters. The molecule has 2 aromatic rings. The van der Waals surface area contributed by atoms with Gasteiger partial charge in [0.25, 0.3) is 0 Å². The second kappa shape index (κ2) is 4.97. The van der Waals surface area contributed by atoms with Gasteiger partial charge in [-0.25, -0.2) is 0 Å². The van der Waals surface area contributed by atoms with Crippen LogP contribution in [0, 0.1) is 0 Å². The van der Waals surface area contributed by atoms with E-state index in [1.54, 1.807) is 11.3 Å². The fourth-order valence-corrected chi connectivity index (χ4v) is 3.44. The van der Waals surface area contributed by atoms with Crippen molar-refractivity contribution in [1.29, 1.82) is 0 Å². The van der Waals surface area contributed by atoms with E-state index in [0.29, 0.717) is 11.4 Å². The molecule has 5 heteroatoms. The molecular formula is C13H13BrN2OS. The van der Waals surface area contributed by atoms with Gasteiger partial charge in [-0.15, -0.1) is 10.2 Å². The van der Waals surface area contributed by atoms with E-state index in [-0.39, 0.29) is 5.92 Å². The maximum atomic E-state index is 5.69. The van der Waals surface area contributed by atoms with Crippen LogP contribution in [-0.4, -0.2) is 16.8 Å². The topological polar surface area (TPSA) is 35.0 Å². The van der Waals surface area contributed by atoms with Gasteiger partial charge < -0.3 is 4.74 Å². The van der Waals surface area contributed by atoms with Crippen molar-refractivity contribution in [3.8, 4) is 5.75 Å². The van der Waals surface area contributed by atoms with E-state index >= 15 is 0 Å². The molecule has 1 aromatic heterocycles. The second-order valence-electron chi connectivity index (χ2n) is 4.26. The number of benzene rings is 1. The molecule has 3 rings (SSSR count). The minimum absolute atomic E-state index is 0.240. The molecule has 0 saturated heterocycles. The maximum Gasteiger partial charge on any atom is 0.131 e. The third kappa shape index (κ3) is 2.06. The lowest BCUT2D eigenvalue weighted by Crippen LogP contribution is -2.01. The van der Waals surface area contributed by atoms with Gasteiger partial charge in [-0.3, -0.25) is 0 Å². The predicted molar refractivity (Wildman–Crippen MR) is 75.6 cm³/mol. The Morgan fingerprint density at radius 1 is 1.44 bits per heavy atom. The summed E-state index contributed by atoms with van der Waals surface area (Å²) >= 11 is 5.29. The van der Waals surface area contributed by atoms with Crippen molar-refractivity contribution < 1.29 is 4.74 Å². The SMILES string of the molecule is CCC(Br)c1nnc(C2COc3ccccc32)s1. The molecule has 1 aliphatic heterocycles. The molecule has 0 saturated carbocycles. The van der Waals surface area contributed by atoms with Crippen LogP contribution >= 0.6 is 27.3 Å². The van der Waals surface area contributed by atoms with Crippen LogP contribution in [0.1, 0.15) is 39.7 Å². The maximum absolute atomic E-state index is 5.69. The first-order chi connectivity index (χ1) is 8.79. The lowest BCUT2D eigenvalue weighted by atomic mass is 10.0. The van der Waals surface area contributed by atoms with Crippen LogP contribution in [0.15, 0.2) is 24.3 Å². The van der Waals surface area contributed by atoms with Gasteiger partial charge in [-0.2, -0.15) is 0 Å². The van der Waals surface area contributed by atoms with Crippen LogP contribution in [0.25, 0.3) is 0 Å². The number of alkyl halides is 1. The summed E-state index contributed by atoms with van der Waals surface area (Å²) < 4.78 is 5.69. The number of para-hydroxylation sites is 1. The Bertz CT molecular complexity index is 557. The van der Waals surface area contributed by atoms with Gasteiger partial charge in [-0.05, 0) is 12.5 Å². The molecule has 0 radical (unpaired) electrons. The summed E-state index contributed by atoms with van der Waals surface area (Å²) in [6.07, 6.45) is 1.02. The summed E-state index contributed by atoms with van der Waals surface area (Å²) in [5, 5.41) is 10.7. The van der Waals surface area contributed by atoms with Crippen molar-refractivity contribution in [3.63, 3.8) is 0 Å². The smallest absolute Gasteiger partial charge is 0.131 e. The average Bonchev–Trinajstić information content (AvgIpc) is 3.03. The molecule has 18 heavy (non-hydrogen) atoms. The zero-order valence-electron chi connectivity index (χ0n) is 9.97. The Labute approximate surface area is 118 Å². The normalized spacial score (nSPS) is 19.3. The number of halogens is 1. The number of aromatic nitrogens is 2. The number of fused-ring (bicyclic) bond motifs is 1. The highest BCUT2D eigenvalue weighted by atomic mass is 79.9. The molecule has 0 bridgehead atoms. The third-order valence-corrected chi connectivity index (χ3v) is 5.62. The highest BCUT2D eigenvalue weighted by molar-refractivity contribution is 9.09. The van der Waals surface area contributed by atoms with E-state index in [1.165, 1.54) is 5.56 Å². The molecule has 3 nitrogen and oxygen atoms in total. The number of hydrogen-bond donors (Lipinski definition) is 0. The van der Waals surface area contributed by atoms with Gasteiger partial charge in [0.05, 0.1) is 10.7 Å². The second-order valence-corrected chi connectivity index (χ2v) is 6.40. The van der Waals surface area contributed by atoms with Gasteiger partial charge >= 0.3 is 0 Å². The van der Waals surface area contributed by atoms with E-state index in [2.05, 4.69) is 39.1 Å². The van der Waals surface area contributed by atoms with E-state index in [9.17, 15) is 0 Å². The summed E-state index contributed by atoms with van der Waals surface area (Å²) in [7, 11) is 0. The van der Waals surface area contributed by atoms with Gasteiger partial charge in [0.2, 0.25) is 0 Å². The fraction of sp³-hybridized carbons (Fsp3) is 0.385. The molecule has 2 atom stereocenters. The zero-order chi connectivity index (χ0) is 12.5. The summed E-state index contributed by atoms with van der Waals surface area (Å²) in [6, 6.07) is 8.16. The van der Waals surface area contributed by atoms with Crippen molar-refractivity contribution >= 4 is 27.3 Å². The van der Waals surface area contributed by atoms with Gasteiger partial charge in [0, 0.05) is 5.56 Å². The highest BCUT2D eigenvalue weighted by Crippen LogP contribution is 2.40. The number of rotatable bonds is 3. The van der Waals surface area contributed by atoms with Crippen molar-refractivity contribution in [2.45, 2.75) is 24.1 Å². The molecule has 94 valence electrons. The van der Waals surface area contributed by atoms with Crippen LogP contribution in [0.5, 0.6) is 5.75 Å². The lowest BCUT2D eigenvalue weighted by molar-refractivity contribution is 0.342. The molecule has 0 spiro atoms. The van der Waals surface area contributed by atoms with Gasteiger partial charge in [0.1, 0.15) is 22.4 Å². The molecular weight excluding hydrogens is 312 g/mol. The molecule has 1 aliphatic rings. The average molecular weight is 325 g/mol. The molecule has 1 aromatic carbocycles. The Kier molecular flexibility index (Phi) is 3.35.